The molecule has 0 radical (unpaired) electrons. The first-order valence-electron chi connectivity index (χ1n) is 12.5. The van der Waals surface area contributed by atoms with Gasteiger partial charge in [0.1, 0.15) is 28.5 Å². The number of carbonyl (C=O) groups is 2. The second-order valence-electron chi connectivity index (χ2n) is 8.63. The SMILES string of the molecule is CO/N=C(/c1nc(C(=O)OC)cs1)c1c[nH]c2ccccc12.COC(=O)c1csc(/C(=N/O)c2c[nH]c3ccccc23)n1. The Balaban J connectivity index is 0.000000171. The Labute approximate surface area is 252 Å². The van der Waals surface area contributed by atoms with Crippen LogP contribution in [0.15, 0.2) is 82.0 Å². The fourth-order valence-corrected chi connectivity index (χ4v) is 5.77. The number of rotatable bonds is 7. The van der Waals surface area contributed by atoms with E-state index in [1.54, 1.807) is 17.0 Å². The van der Waals surface area contributed by atoms with Gasteiger partial charge in [-0.1, -0.05) is 46.7 Å². The average Bonchev–Trinajstić information content (AvgIpc) is 3.87. The first-order chi connectivity index (χ1) is 21.0. The molecule has 3 N–H and O–H groups in total. The molecule has 0 saturated heterocycles. The Morgan fingerprint density at radius 1 is 0.744 bits per heavy atom. The third-order valence-electron chi connectivity index (χ3n) is 6.17. The maximum atomic E-state index is 11.6. The van der Waals surface area contributed by atoms with E-state index in [2.05, 4.69) is 39.7 Å². The highest BCUT2D eigenvalue weighted by Crippen LogP contribution is 2.25. The maximum Gasteiger partial charge on any atom is 0.357 e. The zero-order valence-corrected chi connectivity index (χ0v) is 24.7. The standard InChI is InChI=1S/C15H13N3O3S.C14H11N3O3S/c1-20-15(19)12-8-22-14(17-12)13(18-21-2)10-7-16-11-6-4-3-5-9(10)11;1-20-14(18)11-7-21-13(16-11)12(17-19)9-6-15-10-5-3-2-4-8(9)10/h3-8,16H,1-2H3;2-7,15,19H,1H3/b18-13+;17-12+. The first-order valence-corrected chi connectivity index (χ1v) is 14.3. The van der Waals surface area contributed by atoms with E-state index in [1.807, 2.05) is 54.7 Å². The second kappa shape index (κ2) is 13.1. The molecule has 0 aliphatic heterocycles. The van der Waals surface area contributed by atoms with Crippen LogP contribution in [-0.2, 0) is 14.3 Å². The van der Waals surface area contributed by atoms with E-state index in [0.717, 1.165) is 32.9 Å². The van der Waals surface area contributed by atoms with E-state index in [4.69, 9.17) is 4.84 Å². The van der Waals surface area contributed by atoms with Crippen LogP contribution < -0.4 is 0 Å². The molecule has 6 aromatic rings. The van der Waals surface area contributed by atoms with Gasteiger partial charge in [0.2, 0.25) is 0 Å². The van der Waals surface area contributed by atoms with Gasteiger partial charge in [0.15, 0.2) is 11.4 Å². The van der Waals surface area contributed by atoms with Crippen molar-refractivity contribution in [1.82, 2.24) is 19.9 Å². The van der Waals surface area contributed by atoms with E-state index < -0.39 is 11.9 Å². The molecule has 218 valence electrons. The maximum absolute atomic E-state index is 11.6. The minimum absolute atomic E-state index is 0.193. The van der Waals surface area contributed by atoms with E-state index in [-0.39, 0.29) is 11.4 Å². The predicted molar refractivity (Wildman–Crippen MR) is 164 cm³/mol. The third-order valence-corrected chi connectivity index (χ3v) is 7.87. The number of aromatic nitrogens is 4. The number of ether oxygens (including phenoxy) is 2. The van der Waals surface area contributed by atoms with Gasteiger partial charge in [-0.05, 0) is 12.1 Å². The van der Waals surface area contributed by atoms with Crippen LogP contribution in [0.2, 0.25) is 0 Å². The lowest BCUT2D eigenvalue weighted by Gasteiger charge is -2.01. The molecule has 4 aromatic heterocycles. The number of thiazole rings is 2. The summed E-state index contributed by atoms with van der Waals surface area (Å²) >= 11 is 2.53. The van der Waals surface area contributed by atoms with Crippen LogP contribution in [0, 0.1) is 0 Å². The number of nitrogens with one attached hydrogen (secondary N) is 2. The van der Waals surface area contributed by atoms with Crippen molar-refractivity contribution in [3.8, 4) is 0 Å². The lowest BCUT2D eigenvalue weighted by atomic mass is 10.1. The highest BCUT2D eigenvalue weighted by atomic mass is 32.1. The summed E-state index contributed by atoms with van der Waals surface area (Å²) in [4.78, 5) is 42.7. The molecule has 12 nitrogen and oxygen atoms in total. The molecule has 0 unspecified atom stereocenters. The molecule has 0 fully saturated rings. The number of hydrogen-bond acceptors (Lipinski definition) is 12. The van der Waals surface area contributed by atoms with E-state index in [1.165, 1.54) is 44.0 Å². The Bertz CT molecular complexity index is 1970. The molecule has 2 aromatic carbocycles. The number of esters is 2. The molecule has 0 aliphatic rings. The Morgan fingerprint density at radius 3 is 1.67 bits per heavy atom. The smallest absolute Gasteiger partial charge is 0.357 e. The van der Waals surface area contributed by atoms with Crippen molar-refractivity contribution in [1.29, 1.82) is 0 Å². The summed E-state index contributed by atoms with van der Waals surface area (Å²) in [6.45, 7) is 0. The summed E-state index contributed by atoms with van der Waals surface area (Å²) in [7, 11) is 4.09. The van der Waals surface area contributed by atoms with Crippen molar-refractivity contribution in [3.05, 3.63) is 104 Å². The second-order valence-corrected chi connectivity index (χ2v) is 10.3. The Morgan fingerprint density at radius 2 is 1.21 bits per heavy atom. The molecule has 0 aliphatic carbocycles. The van der Waals surface area contributed by atoms with Gasteiger partial charge in [-0.25, -0.2) is 19.6 Å². The number of nitrogens with zero attached hydrogens (tertiary/aromatic N) is 4. The lowest BCUT2D eigenvalue weighted by Crippen LogP contribution is -2.06. The minimum atomic E-state index is -0.520. The van der Waals surface area contributed by atoms with Gasteiger partial charge < -0.3 is 29.5 Å². The van der Waals surface area contributed by atoms with Crippen molar-refractivity contribution in [2.45, 2.75) is 0 Å². The predicted octanol–water partition coefficient (Wildman–Crippen LogP) is 5.45. The molecule has 0 spiro atoms. The zero-order chi connectivity index (χ0) is 30.3. The molecule has 0 bridgehead atoms. The van der Waals surface area contributed by atoms with E-state index in [0.29, 0.717) is 21.4 Å². The van der Waals surface area contributed by atoms with Gasteiger partial charge in [-0.3, -0.25) is 0 Å². The average molecular weight is 617 g/mol. The highest BCUT2D eigenvalue weighted by molar-refractivity contribution is 7.12. The number of hydrogen-bond donors (Lipinski definition) is 3. The summed E-state index contributed by atoms with van der Waals surface area (Å²) < 4.78 is 9.30. The molecule has 0 amide bonds. The molecule has 14 heteroatoms. The monoisotopic (exact) mass is 616 g/mol. The quantitative estimate of drug-likeness (QED) is 0.0923. The molecule has 0 atom stereocenters. The van der Waals surface area contributed by atoms with Gasteiger partial charge in [-0.2, -0.15) is 0 Å². The van der Waals surface area contributed by atoms with E-state index >= 15 is 0 Å². The third kappa shape index (κ3) is 6.00. The van der Waals surface area contributed by atoms with Crippen LogP contribution >= 0.6 is 22.7 Å². The summed E-state index contributed by atoms with van der Waals surface area (Å²) in [5, 5.41) is 22.9. The van der Waals surface area contributed by atoms with E-state index in [9.17, 15) is 14.8 Å². The molecular formula is C29H24N6O6S2. The van der Waals surface area contributed by atoms with Crippen molar-refractivity contribution >= 4 is 67.8 Å². The lowest BCUT2D eigenvalue weighted by molar-refractivity contribution is 0.0586. The molecular weight excluding hydrogens is 592 g/mol. The fraction of sp³-hybridized carbons (Fsp3) is 0.103. The topological polar surface area (TPSA) is 164 Å². The molecule has 0 saturated carbocycles. The number of H-pyrrole nitrogens is 2. The summed E-state index contributed by atoms with van der Waals surface area (Å²) in [5.74, 6) is -0.994. The zero-order valence-electron chi connectivity index (χ0n) is 23.0. The van der Waals surface area contributed by atoms with Gasteiger partial charge in [0.05, 0.1) is 14.2 Å². The van der Waals surface area contributed by atoms with Gasteiger partial charge >= 0.3 is 11.9 Å². The number of methoxy groups -OCH3 is 2. The van der Waals surface area contributed by atoms with Crippen molar-refractivity contribution in [2.24, 2.45) is 10.3 Å². The first kappa shape index (κ1) is 29.2. The number of fused-ring (bicyclic) bond motifs is 2. The normalized spacial score (nSPS) is 11.7. The summed E-state index contributed by atoms with van der Waals surface area (Å²) in [6.07, 6.45) is 3.60. The van der Waals surface area contributed by atoms with Crippen LogP contribution in [-0.4, -0.2) is 69.8 Å². The van der Waals surface area contributed by atoms with Crippen LogP contribution in [0.25, 0.3) is 21.8 Å². The van der Waals surface area contributed by atoms with Crippen molar-refractivity contribution < 1.29 is 29.1 Å². The van der Waals surface area contributed by atoms with Crippen molar-refractivity contribution in [3.63, 3.8) is 0 Å². The molecule has 6 rings (SSSR count). The largest absolute Gasteiger partial charge is 0.464 e. The number of aromatic amines is 2. The number of oxime groups is 2. The number of carbonyl (C=O) groups excluding carboxylic acids is 2. The molecule has 43 heavy (non-hydrogen) atoms. The number of para-hydroxylation sites is 2. The Kier molecular flexibility index (Phi) is 8.88. The van der Waals surface area contributed by atoms with Crippen LogP contribution in [0.4, 0.5) is 0 Å². The number of benzene rings is 2. The fourth-order valence-electron chi connectivity index (χ4n) is 4.20. The van der Waals surface area contributed by atoms with Gasteiger partial charge in [0, 0.05) is 56.1 Å². The van der Waals surface area contributed by atoms with Crippen LogP contribution in [0.1, 0.15) is 42.1 Å². The van der Waals surface area contributed by atoms with Gasteiger partial charge in [-0.15, -0.1) is 22.7 Å². The van der Waals surface area contributed by atoms with Crippen LogP contribution in [0.5, 0.6) is 0 Å². The minimum Gasteiger partial charge on any atom is -0.464 e. The summed E-state index contributed by atoms with van der Waals surface area (Å²) in [6, 6.07) is 15.5. The van der Waals surface area contributed by atoms with Gasteiger partial charge in [0.25, 0.3) is 0 Å². The van der Waals surface area contributed by atoms with Crippen molar-refractivity contribution in [2.75, 3.05) is 21.3 Å². The Hall–Kier alpha value is -5.34. The highest BCUT2D eigenvalue weighted by Gasteiger charge is 2.20. The summed E-state index contributed by atoms with van der Waals surface area (Å²) in [5.41, 5.74) is 4.84. The van der Waals surface area contributed by atoms with Crippen LogP contribution in [0.3, 0.4) is 0 Å². The molecule has 4 heterocycles.